The molecule has 0 aliphatic rings. The highest BCUT2D eigenvalue weighted by Crippen LogP contribution is 2.36. The third-order valence-corrected chi connectivity index (χ3v) is 4.54. The molecular weight excluding hydrogens is 306 g/mol. The number of halogens is 3. The molecule has 0 fully saturated rings. The van der Waals surface area contributed by atoms with Gasteiger partial charge >= 0.3 is 0 Å². The first-order valence-electron chi connectivity index (χ1n) is 5.35. The van der Waals surface area contributed by atoms with E-state index >= 15 is 0 Å². The summed E-state index contributed by atoms with van der Waals surface area (Å²) in [5, 5.41) is 1.44. The molecular formula is C13H7Cl2FN2S. The van der Waals surface area contributed by atoms with Crippen LogP contribution in [0.25, 0.3) is 20.8 Å². The van der Waals surface area contributed by atoms with Crippen molar-refractivity contribution in [1.29, 1.82) is 0 Å². The highest BCUT2D eigenvalue weighted by atomic mass is 35.5. The van der Waals surface area contributed by atoms with E-state index in [1.807, 2.05) is 0 Å². The fourth-order valence-corrected chi connectivity index (χ4v) is 3.07. The lowest BCUT2D eigenvalue weighted by Crippen LogP contribution is -1.88. The van der Waals surface area contributed by atoms with Gasteiger partial charge in [0.1, 0.15) is 10.8 Å². The van der Waals surface area contributed by atoms with Crippen molar-refractivity contribution < 1.29 is 4.39 Å². The third kappa shape index (κ3) is 2.27. The normalized spacial score (nSPS) is 11.1. The molecule has 0 aliphatic heterocycles. The van der Waals surface area contributed by atoms with Crippen LogP contribution in [0.5, 0.6) is 0 Å². The van der Waals surface area contributed by atoms with Gasteiger partial charge in [-0.2, -0.15) is 0 Å². The number of rotatable bonds is 1. The molecule has 0 atom stereocenters. The minimum atomic E-state index is -0.281. The molecule has 1 heterocycles. The summed E-state index contributed by atoms with van der Waals surface area (Å²) < 4.78 is 13.9. The van der Waals surface area contributed by atoms with E-state index < -0.39 is 0 Å². The summed E-state index contributed by atoms with van der Waals surface area (Å²) >= 11 is 13.3. The molecule has 6 heteroatoms. The van der Waals surface area contributed by atoms with Crippen molar-refractivity contribution in [3.8, 4) is 10.6 Å². The van der Waals surface area contributed by atoms with E-state index in [1.165, 1.54) is 23.5 Å². The number of hydrogen-bond acceptors (Lipinski definition) is 3. The molecule has 0 aliphatic carbocycles. The molecule has 0 radical (unpaired) electrons. The predicted molar refractivity (Wildman–Crippen MR) is 79.4 cm³/mol. The van der Waals surface area contributed by atoms with Gasteiger partial charge in [0.25, 0.3) is 0 Å². The monoisotopic (exact) mass is 312 g/mol. The molecule has 2 aromatic carbocycles. The number of aromatic nitrogens is 1. The third-order valence-electron chi connectivity index (χ3n) is 2.65. The summed E-state index contributed by atoms with van der Waals surface area (Å²) in [6, 6.07) is 7.90. The zero-order chi connectivity index (χ0) is 13.6. The summed E-state index contributed by atoms with van der Waals surface area (Å²) in [4.78, 5) is 4.43. The molecule has 96 valence electrons. The van der Waals surface area contributed by atoms with E-state index in [4.69, 9.17) is 28.9 Å². The fraction of sp³-hybridized carbons (Fsp3) is 0. The molecule has 2 N–H and O–H groups in total. The second kappa shape index (κ2) is 4.63. The van der Waals surface area contributed by atoms with Crippen molar-refractivity contribution in [3.63, 3.8) is 0 Å². The molecule has 19 heavy (non-hydrogen) atoms. The number of nitrogens with two attached hydrogens (primary N) is 1. The maximum atomic E-state index is 13.1. The van der Waals surface area contributed by atoms with Gasteiger partial charge in [-0.15, -0.1) is 11.3 Å². The van der Waals surface area contributed by atoms with E-state index in [1.54, 1.807) is 18.2 Å². The quantitative estimate of drug-likeness (QED) is 0.643. The predicted octanol–water partition coefficient (Wildman–Crippen LogP) is 4.99. The van der Waals surface area contributed by atoms with Crippen LogP contribution in [0.15, 0.2) is 30.3 Å². The molecule has 2 nitrogen and oxygen atoms in total. The second-order valence-corrected chi connectivity index (χ2v) is 5.81. The lowest BCUT2D eigenvalue weighted by atomic mass is 10.2. The smallest absolute Gasteiger partial charge is 0.124 e. The van der Waals surface area contributed by atoms with E-state index in [-0.39, 0.29) is 5.82 Å². The Morgan fingerprint density at radius 3 is 2.68 bits per heavy atom. The number of nitrogens with zero attached hydrogens (tertiary/aromatic N) is 1. The maximum Gasteiger partial charge on any atom is 0.124 e. The highest BCUT2D eigenvalue weighted by molar-refractivity contribution is 7.21. The molecule has 0 amide bonds. The first kappa shape index (κ1) is 12.7. The lowest BCUT2D eigenvalue weighted by Gasteiger charge is -2.03. The number of nitrogen functional groups attached to an aromatic ring is 1. The summed E-state index contributed by atoms with van der Waals surface area (Å²) in [5.74, 6) is -0.281. The van der Waals surface area contributed by atoms with Crippen LogP contribution in [-0.4, -0.2) is 4.98 Å². The van der Waals surface area contributed by atoms with E-state index in [0.29, 0.717) is 15.7 Å². The molecule has 0 bridgehead atoms. The van der Waals surface area contributed by atoms with E-state index in [9.17, 15) is 4.39 Å². The Morgan fingerprint density at radius 2 is 1.95 bits per heavy atom. The number of thiazole rings is 1. The number of benzene rings is 2. The zero-order valence-electron chi connectivity index (χ0n) is 9.45. The second-order valence-electron chi connectivity index (χ2n) is 3.99. The van der Waals surface area contributed by atoms with Crippen LogP contribution in [0.1, 0.15) is 0 Å². The van der Waals surface area contributed by atoms with Crippen molar-refractivity contribution in [2.45, 2.75) is 0 Å². The van der Waals surface area contributed by atoms with E-state index in [0.717, 1.165) is 20.8 Å². The van der Waals surface area contributed by atoms with Gasteiger partial charge in [0.2, 0.25) is 0 Å². The first-order valence-corrected chi connectivity index (χ1v) is 6.93. The fourth-order valence-electron chi connectivity index (χ4n) is 1.76. The average molecular weight is 313 g/mol. The highest BCUT2D eigenvalue weighted by Gasteiger charge is 2.11. The standard InChI is InChI=1S/C13H7Cl2FN2S/c14-8-3-6(4-9(17)12(8)15)13-18-10-2-1-7(16)5-11(10)19-13/h1-5H,17H2. The van der Waals surface area contributed by atoms with Crippen molar-refractivity contribution >= 4 is 50.4 Å². The van der Waals surface area contributed by atoms with Gasteiger partial charge in [0, 0.05) is 5.56 Å². The summed E-state index contributed by atoms with van der Waals surface area (Å²) in [7, 11) is 0. The Labute approximate surface area is 122 Å². The Hall–Kier alpha value is -1.36. The van der Waals surface area contributed by atoms with Gasteiger partial charge in [0.15, 0.2) is 0 Å². The van der Waals surface area contributed by atoms with Gasteiger partial charge < -0.3 is 5.73 Å². The minimum Gasteiger partial charge on any atom is -0.397 e. The Morgan fingerprint density at radius 1 is 1.16 bits per heavy atom. The number of fused-ring (bicyclic) bond motifs is 1. The Balaban J connectivity index is 2.19. The van der Waals surface area contributed by atoms with Crippen LogP contribution in [0, 0.1) is 5.82 Å². The van der Waals surface area contributed by atoms with Crippen LogP contribution in [0.4, 0.5) is 10.1 Å². The molecule has 3 rings (SSSR count). The molecule has 3 aromatic rings. The van der Waals surface area contributed by atoms with Crippen LogP contribution in [0.2, 0.25) is 10.0 Å². The minimum absolute atomic E-state index is 0.281. The molecule has 0 saturated heterocycles. The maximum absolute atomic E-state index is 13.1. The van der Waals surface area contributed by atoms with Crippen LogP contribution in [-0.2, 0) is 0 Å². The largest absolute Gasteiger partial charge is 0.397 e. The summed E-state index contributed by atoms with van der Waals surface area (Å²) in [6.45, 7) is 0. The summed E-state index contributed by atoms with van der Waals surface area (Å²) in [5.41, 5.74) is 7.69. The first-order chi connectivity index (χ1) is 9.04. The Kier molecular flexibility index (Phi) is 3.09. The van der Waals surface area contributed by atoms with Crippen LogP contribution < -0.4 is 5.73 Å². The summed E-state index contributed by atoms with van der Waals surface area (Å²) in [6.07, 6.45) is 0. The van der Waals surface area contributed by atoms with Crippen molar-refractivity contribution in [2.75, 3.05) is 5.73 Å². The molecule has 0 spiro atoms. The van der Waals surface area contributed by atoms with Crippen LogP contribution >= 0.6 is 34.5 Å². The number of anilines is 1. The van der Waals surface area contributed by atoms with Gasteiger partial charge in [-0.05, 0) is 30.3 Å². The molecule has 0 saturated carbocycles. The SMILES string of the molecule is Nc1cc(-c2nc3ccc(F)cc3s2)cc(Cl)c1Cl. The zero-order valence-corrected chi connectivity index (χ0v) is 11.8. The average Bonchev–Trinajstić information content (AvgIpc) is 2.78. The van der Waals surface area contributed by atoms with Crippen molar-refractivity contribution in [3.05, 3.63) is 46.2 Å². The molecule has 0 unspecified atom stereocenters. The lowest BCUT2D eigenvalue weighted by molar-refractivity contribution is 0.630. The van der Waals surface area contributed by atoms with Gasteiger partial charge in [-0.1, -0.05) is 23.2 Å². The molecule has 1 aromatic heterocycles. The van der Waals surface area contributed by atoms with Crippen molar-refractivity contribution in [2.24, 2.45) is 0 Å². The Bertz CT molecular complexity index is 762. The van der Waals surface area contributed by atoms with Gasteiger partial charge in [-0.25, -0.2) is 9.37 Å². The van der Waals surface area contributed by atoms with Gasteiger partial charge in [0.05, 0.1) is 25.9 Å². The number of hydrogen-bond donors (Lipinski definition) is 1. The van der Waals surface area contributed by atoms with Crippen LogP contribution in [0.3, 0.4) is 0 Å². The topological polar surface area (TPSA) is 38.9 Å². The van der Waals surface area contributed by atoms with E-state index in [2.05, 4.69) is 4.98 Å². The van der Waals surface area contributed by atoms with Gasteiger partial charge in [-0.3, -0.25) is 0 Å². The van der Waals surface area contributed by atoms with Crippen molar-refractivity contribution in [1.82, 2.24) is 4.98 Å².